The molecule has 1 aromatic rings. The van der Waals surface area contributed by atoms with E-state index in [0.717, 1.165) is 25.0 Å². The summed E-state index contributed by atoms with van der Waals surface area (Å²) in [6.07, 6.45) is 1.77. The third kappa shape index (κ3) is 2.81. The Morgan fingerprint density at radius 3 is 2.58 bits per heavy atom. The van der Waals surface area contributed by atoms with Gasteiger partial charge in [-0.2, -0.15) is 0 Å². The molecule has 2 rings (SSSR count). The fraction of sp³-hybridized carbons (Fsp3) is 0.500. The van der Waals surface area contributed by atoms with Crippen molar-refractivity contribution < 1.29 is 13.7 Å². The van der Waals surface area contributed by atoms with Crippen LogP contribution in [0.1, 0.15) is 12.8 Å². The van der Waals surface area contributed by atoms with Crippen LogP contribution >= 0.6 is 0 Å². The van der Waals surface area contributed by atoms with E-state index in [0.29, 0.717) is 13.1 Å². The number of non-ortho nitro benzene ring substituents is 1. The van der Waals surface area contributed by atoms with Gasteiger partial charge < -0.3 is 10.2 Å². The number of nitro groups is 1. The molecule has 104 valence electrons. The average molecular weight is 271 g/mol. The molecule has 0 amide bonds. The Hall–Kier alpha value is -1.76. The first-order valence-electron chi connectivity index (χ1n) is 6.08. The predicted octanol–water partition coefficient (Wildman–Crippen LogP) is 2.06. The van der Waals surface area contributed by atoms with E-state index < -0.39 is 22.2 Å². The highest BCUT2D eigenvalue weighted by Gasteiger charge is 2.25. The van der Waals surface area contributed by atoms with Crippen LogP contribution in [0.2, 0.25) is 0 Å². The van der Waals surface area contributed by atoms with E-state index in [1.54, 1.807) is 11.9 Å². The minimum Gasteiger partial charge on any atom is -0.365 e. The molecule has 1 saturated heterocycles. The summed E-state index contributed by atoms with van der Waals surface area (Å²) < 4.78 is 27.8. The standard InChI is InChI=1S/C12H15F2N3O2/c1-15-8-3-2-4-16(7-8)12-10(13)5-9(17(18)19)6-11(12)14/h5-6,8,15H,2-4,7H2,1H3. The number of piperidine rings is 1. The van der Waals surface area contributed by atoms with Gasteiger partial charge in [-0.1, -0.05) is 0 Å². The molecule has 1 unspecified atom stereocenters. The van der Waals surface area contributed by atoms with Gasteiger partial charge in [-0.25, -0.2) is 8.78 Å². The summed E-state index contributed by atoms with van der Waals surface area (Å²) in [5, 5.41) is 13.6. The molecule has 19 heavy (non-hydrogen) atoms. The molecule has 0 radical (unpaired) electrons. The number of nitro benzene ring substituents is 1. The Labute approximate surface area is 109 Å². The fourth-order valence-corrected chi connectivity index (χ4v) is 2.38. The molecule has 1 atom stereocenters. The zero-order valence-electron chi connectivity index (χ0n) is 10.5. The van der Waals surface area contributed by atoms with Crippen molar-refractivity contribution >= 4 is 11.4 Å². The number of likely N-dealkylation sites (N-methyl/N-ethyl adjacent to an activating group) is 1. The van der Waals surface area contributed by atoms with Gasteiger partial charge in [0.1, 0.15) is 5.69 Å². The Kier molecular flexibility index (Phi) is 3.94. The van der Waals surface area contributed by atoms with E-state index in [2.05, 4.69) is 5.32 Å². The van der Waals surface area contributed by atoms with Gasteiger partial charge in [0, 0.05) is 19.1 Å². The Morgan fingerprint density at radius 1 is 1.42 bits per heavy atom. The highest BCUT2D eigenvalue weighted by Crippen LogP contribution is 2.30. The lowest BCUT2D eigenvalue weighted by molar-refractivity contribution is -0.385. The molecule has 0 aromatic heterocycles. The number of nitrogens with zero attached hydrogens (tertiary/aromatic N) is 2. The molecule has 0 saturated carbocycles. The first-order valence-corrected chi connectivity index (χ1v) is 6.08. The minimum absolute atomic E-state index is 0.169. The van der Waals surface area contributed by atoms with E-state index in [-0.39, 0.29) is 11.7 Å². The maximum Gasteiger partial charge on any atom is 0.275 e. The van der Waals surface area contributed by atoms with Gasteiger partial charge in [-0.05, 0) is 19.9 Å². The minimum atomic E-state index is -0.886. The highest BCUT2D eigenvalue weighted by molar-refractivity contribution is 5.54. The summed E-state index contributed by atoms with van der Waals surface area (Å²) in [5.41, 5.74) is -0.744. The number of hydrogen-bond acceptors (Lipinski definition) is 4. The molecule has 1 aliphatic heterocycles. The Morgan fingerprint density at radius 2 is 2.05 bits per heavy atom. The molecule has 5 nitrogen and oxygen atoms in total. The summed E-state index contributed by atoms with van der Waals surface area (Å²) in [7, 11) is 1.80. The topological polar surface area (TPSA) is 58.4 Å². The predicted molar refractivity (Wildman–Crippen MR) is 67.3 cm³/mol. The molecule has 0 bridgehead atoms. The van der Waals surface area contributed by atoms with Gasteiger partial charge in [0.05, 0.1) is 17.1 Å². The lowest BCUT2D eigenvalue weighted by Crippen LogP contribution is -2.45. The van der Waals surface area contributed by atoms with Crippen molar-refractivity contribution in [2.75, 3.05) is 25.0 Å². The molecule has 0 spiro atoms. The second kappa shape index (κ2) is 5.48. The zero-order chi connectivity index (χ0) is 14.0. The number of rotatable bonds is 3. The van der Waals surface area contributed by atoms with E-state index in [1.807, 2.05) is 0 Å². The fourth-order valence-electron chi connectivity index (χ4n) is 2.38. The maximum atomic E-state index is 13.9. The molecule has 1 heterocycles. The Bertz CT molecular complexity index is 473. The first-order chi connectivity index (χ1) is 9.02. The molecular weight excluding hydrogens is 256 g/mol. The number of benzene rings is 1. The van der Waals surface area contributed by atoms with Gasteiger partial charge in [0.2, 0.25) is 0 Å². The lowest BCUT2D eigenvalue weighted by atomic mass is 10.0. The van der Waals surface area contributed by atoms with Crippen molar-refractivity contribution in [3.8, 4) is 0 Å². The van der Waals surface area contributed by atoms with Crippen LogP contribution in [-0.2, 0) is 0 Å². The second-order valence-corrected chi connectivity index (χ2v) is 4.59. The average Bonchev–Trinajstić information content (AvgIpc) is 2.38. The first kappa shape index (κ1) is 13.7. The molecule has 0 aliphatic carbocycles. The van der Waals surface area contributed by atoms with Crippen molar-refractivity contribution in [2.24, 2.45) is 0 Å². The third-order valence-electron chi connectivity index (χ3n) is 3.36. The molecule has 1 fully saturated rings. The van der Waals surface area contributed by atoms with Crippen LogP contribution in [0, 0.1) is 21.7 Å². The van der Waals surface area contributed by atoms with Gasteiger partial charge >= 0.3 is 0 Å². The van der Waals surface area contributed by atoms with Crippen LogP contribution in [0.4, 0.5) is 20.2 Å². The SMILES string of the molecule is CNC1CCCN(c2c(F)cc([N+](=O)[O-])cc2F)C1. The number of halogens is 2. The van der Waals surface area contributed by atoms with E-state index in [1.165, 1.54) is 0 Å². The van der Waals surface area contributed by atoms with Crippen LogP contribution in [0.15, 0.2) is 12.1 Å². The van der Waals surface area contributed by atoms with Crippen LogP contribution in [0.5, 0.6) is 0 Å². The molecule has 7 heteroatoms. The number of anilines is 1. The maximum absolute atomic E-state index is 13.9. The number of hydrogen-bond donors (Lipinski definition) is 1. The molecule has 1 N–H and O–H groups in total. The van der Waals surface area contributed by atoms with Crippen LogP contribution in [0.25, 0.3) is 0 Å². The summed E-state index contributed by atoms with van der Waals surface area (Å²) >= 11 is 0. The highest BCUT2D eigenvalue weighted by atomic mass is 19.1. The number of nitrogens with one attached hydrogen (secondary N) is 1. The third-order valence-corrected chi connectivity index (χ3v) is 3.36. The monoisotopic (exact) mass is 271 g/mol. The molecule has 1 aromatic carbocycles. The van der Waals surface area contributed by atoms with Crippen molar-refractivity contribution in [3.05, 3.63) is 33.9 Å². The van der Waals surface area contributed by atoms with E-state index >= 15 is 0 Å². The van der Waals surface area contributed by atoms with Crippen molar-refractivity contribution in [1.29, 1.82) is 0 Å². The normalized spacial score (nSPS) is 19.5. The van der Waals surface area contributed by atoms with Crippen molar-refractivity contribution in [3.63, 3.8) is 0 Å². The summed E-state index contributed by atoms with van der Waals surface area (Å²) in [6, 6.07) is 1.70. The van der Waals surface area contributed by atoms with Crippen molar-refractivity contribution in [1.82, 2.24) is 5.32 Å². The summed E-state index contributed by atoms with van der Waals surface area (Å²) in [6.45, 7) is 1.03. The molecular formula is C12H15F2N3O2. The quantitative estimate of drug-likeness (QED) is 0.675. The summed E-state index contributed by atoms with van der Waals surface area (Å²) in [4.78, 5) is 11.3. The van der Waals surface area contributed by atoms with Crippen LogP contribution < -0.4 is 10.2 Å². The second-order valence-electron chi connectivity index (χ2n) is 4.59. The summed E-state index contributed by atoms with van der Waals surface area (Å²) in [5.74, 6) is -1.77. The Balaban J connectivity index is 2.31. The van der Waals surface area contributed by atoms with Crippen LogP contribution in [-0.4, -0.2) is 31.1 Å². The van der Waals surface area contributed by atoms with E-state index in [4.69, 9.17) is 0 Å². The van der Waals surface area contributed by atoms with Gasteiger partial charge in [0.15, 0.2) is 11.6 Å². The molecule has 1 aliphatic rings. The smallest absolute Gasteiger partial charge is 0.275 e. The van der Waals surface area contributed by atoms with Gasteiger partial charge in [-0.15, -0.1) is 0 Å². The van der Waals surface area contributed by atoms with Crippen LogP contribution in [0.3, 0.4) is 0 Å². The van der Waals surface area contributed by atoms with Crippen molar-refractivity contribution in [2.45, 2.75) is 18.9 Å². The van der Waals surface area contributed by atoms with E-state index in [9.17, 15) is 18.9 Å². The van der Waals surface area contributed by atoms with Gasteiger partial charge in [-0.3, -0.25) is 10.1 Å². The van der Waals surface area contributed by atoms with Gasteiger partial charge in [0.25, 0.3) is 5.69 Å². The largest absolute Gasteiger partial charge is 0.365 e. The zero-order valence-corrected chi connectivity index (χ0v) is 10.5. The lowest BCUT2D eigenvalue weighted by Gasteiger charge is -2.34.